The second-order valence-corrected chi connectivity index (χ2v) is 7.84. The van der Waals surface area contributed by atoms with Crippen LogP contribution in [-0.4, -0.2) is 24.7 Å². The van der Waals surface area contributed by atoms with Gasteiger partial charge in [0.05, 0.1) is 22.4 Å². The quantitative estimate of drug-likeness (QED) is 0.671. The third-order valence-corrected chi connectivity index (χ3v) is 4.63. The van der Waals surface area contributed by atoms with Gasteiger partial charge in [0, 0.05) is 4.88 Å². The molecular weight excluding hydrogens is 395 g/mol. The predicted octanol–water partition coefficient (Wildman–Crippen LogP) is 3.76. The van der Waals surface area contributed by atoms with Crippen LogP contribution < -0.4 is 10.6 Å². The molecule has 2 atom stereocenters. The van der Waals surface area contributed by atoms with E-state index in [2.05, 4.69) is 26.6 Å². The van der Waals surface area contributed by atoms with Gasteiger partial charge in [-0.1, -0.05) is 13.8 Å². The van der Waals surface area contributed by atoms with E-state index in [0.29, 0.717) is 10.2 Å². The zero-order valence-corrected chi connectivity index (χ0v) is 15.0. The maximum Gasteiger partial charge on any atom is 0.413 e. The molecule has 1 unspecified atom stereocenters. The van der Waals surface area contributed by atoms with Crippen LogP contribution in [0.2, 0.25) is 0 Å². The number of nitriles is 1. The van der Waals surface area contributed by atoms with E-state index < -0.39 is 24.2 Å². The van der Waals surface area contributed by atoms with Crippen molar-refractivity contribution in [3.63, 3.8) is 0 Å². The molecule has 0 bridgehead atoms. The summed E-state index contributed by atoms with van der Waals surface area (Å²) in [5, 5.41) is 13.3. The first-order valence-corrected chi connectivity index (χ1v) is 8.48. The van der Waals surface area contributed by atoms with Crippen LogP contribution in [0.25, 0.3) is 0 Å². The minimum atomic E-state index is -4.60. The molecule has 23 heavy (non-hydrogen) atoms. The van der Waals surface area contributed by atoms with Crippen molar-refractivity contribution in [3.8, 4) is 6.07 Å². The molecule has 1 heterocycles. The van der Waals surface area contributed by atoms with Crippen molar-refractivity contribution in [2.75, 3.05) is 6.54 Å². The van der Waals surface area contributed by atoms with Crippen LogP contribution in [0.1, 0.15) is 31.2 Å². The fourth-order valence-electron chi connectivity index (χ4n) is 1.96. The fourth-order valence-corrected chi connectivity index (χ4v) is 3.46. The SMILES string of the molecule is CC(C)C[C@H](NCC#N)C(=O)NC(c1ccc(Br)s1)C(F)(F)F. The summed E-state index contributed by atoms with van der Waals surface area (Å²) in [4.78, 5) is 12.2. The number of hydrogen-bond donors (Lipinski definition) is 2. The van der Waals surface area contributed by atoms with Gasteiger partial charge in [0.25, 0.3) is 0 Å². The first-order valence-electron chi connectivity index (χ1n) is 6.87. The second-order valence-electron chi connectivity index (χ2n) is 5.35. The van der Waals surface area contributed by atoms with E-state index in [4.69, 9.17) is 5.26 Å². The van der Waals surface area contributed by atoms with E-state index in [9.17, 15) is 18.0 Å². The Balaban J connectivity index is 2.92. The van der Waals surface area contributed by atoms with Gasteiger partial charge in [0.15, 0.2) is 6.04 Å². The minimum absolute atomic E-state index is 0.00121. The van der Waals surface area contributed by atoms with Crippen molar-refractivity contribution in [1.29, 1.82) is 5.26 Å². The number of nitrogens with one attached hydrogen (secondary N) is 2. The molecule has 2 N–H and O–H groups in total. The Kier molecular flexibility index (Phi) is 7.51. The smallest absolute Gasteiger partial charge is 0.339 e. The molecule has 0 aromatic carbocycles. The highest BCUT2D eigenvalue weighted by Crippen LogP contribution is 2.37. The second kappa shape index (κ2) is 8.66. The van der Waals surface area contributed by atoms with Gasteiger partial charge in [-0.3, -0.25) is 10.1 Å². The molecule has 0 aliphatic heterocycles. The van der Waals surface area contributed by atoms with E-state index in [0.717, 1.165) is 11.3 Å². The summed E-state index contributed by atoms with van der Waals surface area (Å²) < 4.78 is 40.3. The topological polar surface area (TPSA) is 64.9 Å². The predicted molar refractivity (Wildman–Crippen MR) is 85.8 cm³/mol. The molecule has 0 aliphatic carbocycles. The number of thiophene rings is 1. The Bertz CT molecular complexity index is 568. The largest absolute Gasteiger partial charge is 0.413 e. The first-order chi connectivity index (χ1) is 10.6. The third kappa shape index (κ3) is 6.49. The summed E-state index contributed by atoms with van der Waals surface area (Å²) in [5.41, 5.74) is 0. The lowest BCUT2D eigenvalue weighted by atomic mass is 10.0. The summed E-state index contributed by atoms with van der Waals surface area (Å²) in [7, 11) is 0. The molecule has 0 saturated carbocycles. The Hall–Kier alpha value is -1.11. The fraction of sp³-hybridized carbons (Fsp3) is 0.571. The summed E-state index contributed by atoms with van der Waals surface area (Å²) in [5.74, 6) is -0.669. The van der Waals surface area contributed by atoms with Crippen molar-refractivity contribution < 1.29 is 18.0 Å². The molecule has 0 radical (unpaired) electrons. The molecule has 1 rings (SSSR count). The summed E-state index contributed by atoms with van der Waals surface area (Å²) >= 11 is 4.04. The molecule has 4 nitrogen and oxygen atoms in total. The zero-order chi connectivity index (χ0) is 17.6. The number of alkyl halides is 3. The van der Waals surface area contributed by atoms with Crippen LogP contribution in [0, 0.1) is 17.2 Å². The lowest BCUT2D eigenvalue weighted by molar-refractivity contribution is -0.163. The van der Waals surface area contributed by atoms with Crippen LogP contribution in [0.15, 0.2) is 15.9 Å². The monoisotopic (exact) mass is 411 g/mol. The molecule has 128 valence electrons. The molecule has 1 aromatic rings. The highest BCUT2D eigenvalue weighted by molar-refractivity contribution is 9.11. The number of hydrogen-bond acceptors (Lipinski definition) is 4. The van der Waals surface area contributed by atoms with Crippen LogP contribution in [0.5, 0.6) is 0 Å². The molecule has 0 fully saturated rings. The van der Waals surface area contributed by atoms with Crippen LogP contribution >= 0.6 is 27.3 Å². The van der Waals surface area contributed by atoms with E-state index in [1.807, 2.05) is 19.9 Å². The first kappa shape index (κ1) is 19.9. The molecule has 0 aliphatic rings. The van der Waals surface area contributed by atoms with Crippen molar-refractivity contribution in [1.82, 2.24) is 10.6 Å². The van der Waals surface area contributed by atoms with Gasteiger partial charge in [0.1, 0.15) is 0 Å². The van der Waals surface area contributed by atoms with Crippen molar-refractivity contribution in [2.24, 2.45) is 5.92 Å². The Labute approximate surface area is 145 Å². The van der Waals surface area contributed by atoms with Gasteiger partial charge in [-0.25, -0.2) is 0 Å². The minimum Gasteiger partial charge on any atom is -0.339 e. The van der Waals surface area contributed by atoms with Gasteiger partial charge in [-0.05, 0) is 40.4 Å². The average molecular weight is 412 g/mol. The molecule has 9 heteroatoms. The average Bonchev–Trinajstić information content (AvgIpc) is 2.84. The lowest BCUT2D eigenvalue weighted by Crippen LogP contribution is -2.48. The summed E-state index contributed by atoms with van der Waals surface area (Å²) in [6.07, 6.45) is -4.26. The van der Waals surface area contributed by atoms with E-state index in [1.165, 1.54) is 12.1 Å². The molecular formula is C14H17BrF3N3OS. The van der Waals surface area contributed by atoms with Gasteiger partial charge in [-0.15, -0.1) is 11.3 Å². The summed E-state index contributed by atoms with van der Waals surface area (Å²) in [6.45, 7) is 3.60. The highest BCUT2D eigenvalue weighted by atomic mass is 79.9. The van der Waals surface area contributed by atoms with Gasteiger partial charge in [0.2, 0.25) is 5.91 Å². The number of amides is 1. The van der Waals surface area contributed by atoms with Gasteiger partial charge in [-0.2, -0.15) is 18.4 Å². The van der Waals surface area contributed by atoms with Gasteiger partial charge < -0.3 is 5.32 Å². The van der Waals surface area contributed by atoms with E-state index in [1.54, 1.807) is 0 Å². The normalized spacial score (nSPS) is 14.3. The Morgan fingerprint density at radius 2 is 2.09 bits per heavy atom. The van der Waals surface area contributed by atoms with Crippen LogP contribution in [0.3, 0.4) is 0 Å². The maximum absolute atomic E-state index is 13.3. The standard InChI is InChI=1S/C14H17BrF3N3OS/c1-8(2)7-9(20-6-5-19)13(22)21-12(14(16,17)18)10-3-4-11(15)23-10/h3-4,8-9,12,20H,6-7H2,1-2H3,(H,21,22)/t9-,12?/m0/s1. The number of carbonyl (C=O) groups is 1. The van der Waals surface area contributed by atoms with Crippen molar-refractivity contribution >= 4 is 33.2 Å². The van der Waals surface area contributed by atoms with E-state index >= 15 is 0 Å². The summed E-state index contributed by atoms with van der Waals surface area (Å²) in [6, 6.07) is 1.75. The van der Waals surface area contributed by atoms with Gasteiger partial charge >= 0.3 is 6.18 Å². The molecule has 1 aromatic heterocycles. The van der Waals surface area contributed by atoms with Crippen molar-refractivity contribution in [3.05, 3.63) is 20.8 Å². The molecule has 0 saturated heterocycles. The zero-order valence-electron chi connectivity index (χ0n) is 12.6. The Morgan fingerprint density at radius 1 is 1.43 bits per heavy atom. The molecule has 1 amide bonds. The molecule has 0 spiro atoms. The van der Waals surface area contributed by atoms with Crippen LogP contribution in [-0.2, 0) is 4.79 Å². The lowest BCUT2D eigenvalue weighted by Gasteiger charge is -2.25. The maximum atomic E-state index is 13.3. The van der Waals surface area contributed by atoms with Crippen molar-refractivity contribution in [2.45, 2.75) is 38.5 Å². The number of halogens is 4. The number of carbonyl (C=O) groups excluding carboxylic acids is 1. The van der Waals surface area contributed by atoms with E-state index in [-0.39, 0.29) is 17.3 Å². The van der Waals surface area contributed by atoms with Crippen LogP contribution in [0.4, 0.5) is 13.2 Å². The Morgan fingerprint density at radius 3 is 2.52 bits per heavy atom. The number of nitrogens with zero attached hydrogens (tertiary/aromatic N) is 1. The number of rotatable bonds is 7. The third-order valence-electron chi connectivity index (χ3n) is 2.94. The highest BCUT2D eigenvalue weighted by Gasteiger charge is 2.43.